The molecule has 2 aliphatic heterocycles. The van der Waals surface area contributed by atoms with Gasteiger partial charge in [0.05, 0.1) is 5.56 Å². The van der Waals surface area contributed by atoms with Gasteiger partial charge in [-0.05, 0) is 62.3 Å². The molecule has 2 saturated heterocycles. The van der Waals surface area contributed by atoms with Crippen molar-refractivity contribution in [3.8, 4) is 0 Å². The lowest BCUT2D eigenvalue weighted by Crippen LogP contribution is -2.48. The largest absolute Gasteiger partial charge is 0.416 e. The van der Waals surface area contributed by atoms with E-state index in [1.165, 1.54) is 13.0 Å². The monoisotopic (exact) mass is 396 g/mol. The van der Waals surface area contributed by atoms with Crippen molar-refractivity contribution in [3.63, 3.8) is 0 Å². The Morgan fingerprint density at radius 2 is 1.89 bits per heavy atom. The average molecular weight is 396 g/mol. The number of halogens is 3. The number of carbonyl (C=O) groups is 2. The molecule has 152 valence electrons. The van der Waals surface area contributed by atoms with Gasteiger partial charge in [-0.1, -0.05) is 0 Å². The zero-order chi connectivity index (χ0) is 20.1. The van der Waals surface area contributed by atoms with Gasteiger partial charge in [-0.3, -0.25) is 9.59 Å². The molecule has 0 radical (unpaired) electrons. The quantitative estimate of drug-likeness (QED) is 0.852. The van der Waals surface area contributed by atoms with E-state index in [1.807, 2.05) is 0 Å². The number of likely N-dealkylation sites (tertiary alicyclic amines) is 1. The van der Waals surface area contributed by atoms with Crippen LogP contribution in [0.15, 0.2) is 18.2 Å². The van der Waals surface area contributed by atoms with E-state index in [1.54, 1.807) is 4.90 Å². The first-order chi connectivity index (χ1) is 13.3. The first kappa shape index (κ1) is 19.2. The van der Waals surface area contributed by atoms with E-state index in [9.17, 15) is 22.8 Å². The van der Waals surface area contributed by atoms with Crippen LogP contribution in [-0.2, 0) is 20.5 Å². The highest BCUT2D eigenvalue weighted by molar-refractivity contribution is 5.98. The second kappa shape index (κ2) is 7.06. The fourth-order valence-corrected chi connectivity index (χ4v) is 4.36. The molecule has 2 heterocycles. The van der Waals surface area contributed by atoms with Gasteiger partial charge in [0.2, 0.25) is 11.8 Å². The lowest BCUT2D eigenvalue weighted by Gasteiger charge is -2.32. The number of anilines is 1. The summed E-state index contributed by atoms with van der Waals surface area (Å²) in [6, 6.07) is 2.82. The number of fused-ring (bicyclic) bond motifs is 1. The molecule has 3 atom stereocenters. The normalized spacial score (nSPS) is 27.4. The topological polar surface area (TPSA) is 58.6 Å². The van der Waals surface area contributed by atoms with Crippen molar-refractivity contribution in [2.75, 3.05) is 18.5 Å². The number of aryl methyl sites for hydroxylation is 1. The maximum Gasteiger partial charge on any atom is 0.416 e. The molecular formula is C20H23F3N2O3. The lowest BCUT2D eigenvalue weighted by molar-refractivity contribution is -0.144. The average Bonchev–Trinajstić information content (AvgIpc) is 3.32. The first-order valence-electron chi connectivity index (χ1n) is 9.64. The fraction of sp³-hybridized carbons (Fsp3) is 0.600. The lowest BCUT2D eigenvalue weighted by atomic mass is 9.97. The van der Waals surface area contributed by atoms with Crippen LogP contribution in [0.3, 0.4) is 0 Å². The molecular weight excluding hydrogens is 373 g/mol. The number of rotatable bonds is 3. The van der Waals surface area contributed by atoms with Crippen molar-refractivity contribution in [3.05, 3.63) is 29.3 Å². The molecule has 4 rings (SSSR count). The van der Waals surface area contributed by atoms with E-state index >= 15 is 0 Å². The minimum absolute atomic E-state index is 0.0117. The number of carbonyl (C=O) groups excluding carboxylic acids is 2. The van der Waals surface area contributed by atoms with Crippen molar-refractivity contribution in [2.45, 2.75) is 50.9 Å². The predicted molar refractivity (Wildman–Crippen MR) is 95.5 cm³/mol. The van der Waals surface area contributed by atoms with Crippen LogP contribution in [0, 0.1) is 18.8 Å². The van der Waals surface area contributed by atoms with Gasteiger partial charge < -0.3 is 15.0 Å². The van der Waals surface area contributed by atoms with Gasteiger partial charge in [-0.15, -0.1) is 0 Å². The molecule has 1 aromatic rings. The molecule has 0 unspecified atom stereocenters. The molecule has 5 nitrogen and oxygen atoms in total. The molecule has 3 aliphatic rings. The highest BCUT2D eigenvalue weighted by Crippen LogP contribution is 2.49. The summed E-state index contributed by atoms with van der Waals surface area (Å²) in [6.45, 7) is 2.64. The van der Waals surface area contributed by atoms with Crippen LogP contribution in [-0.4, -0.2) is 42.0 Å². The van der Waals surface area contributed by atoms with Gasteiger partial charge in [0.15, 0.2) is 0 Å². The van der Waals surface area contributed by atoms with E-state index in [0.29, 0.717) is 49.6 Å². The Kier molecular flexibility index (Phi) is 4.85. The van der Waals surface area contributed by atoms with Crippen LogP contribution in [0.4, 0.5) is 18.9 Å². The summed E-state index contributed by atoms with van der Waals surface area (Å²) in [5.41, 5.74) is -0.0629. The van der Waals surface area contributed by atoms with E-state index in [-0.39, 0.29) is 23.8 Å². The number of hydrogen-bond donors (Lipinski definition) is 1. The van der Waals surface area contributed by atoms with Crippen molar-refractivity contribution in [2.24, 2.45) is 11.8 Å². The summed E-state index contributed by atoms with van der Waals surface area (Å²) in [5, 5.41) is 2.73. The molecule has 0 spiro atoms. The van der Waals surface area contributed by atoms with Crippen LogP contribution >= 0.6 is 0 Å². The molecule has 0 aromatic heterocycles. The number of ether oxygens (including phenoxy) is 1. The van der Waals surface area contributed by atoms with Gasteiger partial charge in [-0.25, -0.2) is 0 Å². The summed E-state index contributed by atoms with van der Waals surface area (Å²) < 4.78 is 43.8. The summed E-state index contributed by atoms with van der Waals surface area (Å²) in [6.07, 6.45) is -1.55. The molecule has 1 N–H and O–H groups in total. The Morgan fingerprint density at radius 3 is 2.54 bits per heavy atom. The molecule has 0 bridgehead atoms. The summed E-state index contributed by atoms with van der Waals surface area (Å²) in [7, 11) is 0. The molecule has 1 aliphatic carbocycles. The molecule has 3 fully saturated rings. The predicted octanol–water partition coefficient (Wildman–Crippen LogP) is 3.37. The number of nitrogens with one attached hydrogen (secondary N) is 1. The second-order valence-corrected chi connectivity index (χ2v) is 7.96. The molecule has 28 heavy (non-hydrogen) atoms. The van der Waals surface area contributed by atoms with Crippen LogP contribution in [0.2, 0.25) is 0 Å². The SMILES string of the molecule is Cc1cc(C(F)(F)F)ccc1NC(=O)[C@@H]1C[C@@H]2C[C@@H]2N1C(=O)C1CCOCC1. The Balaban J connectivity index is 1.47. The van der Waals surface area contributed by atoms with Crippen LogP contribution in [0.5, 0.6) is 0 Å². The van der Waals surface area contributed by atoms with Crippen molar-refractivity contribution in [1.82, 2.24) is 4.90 Å². The van der Waals surface area contributed by atoms with Crippen molar-refractivity contribution < 1.29 is 27.5 Å². The standard InChI is InChI=1S/C20H23F3N2O3/c1-11-8-14(20(21,22)23)2-3-15(11)24-18(26)17-10-13-9-16(13)25(17)19(27)12-4-6-28-7-5-12/h2-3,8,12-13,16-17H,4-7,9-10H2,1H3,(H,24,26)/t13-,16-,17-/m0/s1. The maximum atomic E-state index is 13.0. The zero-order valence-corrected chi connectivity index (χ0v) is 15.6. The second-order valence-electron chi connectivity index (χ2n) is 7.96. The van der Waals surface area contributed by atoms with Gasteiger partial charge in [0.25, 0.3) is 0 Å². The highest BCUT2D eigenvalue weighted by atomic mass is 19.4. The third-order valence-corrected chi connectivity index (χ3v) is 6.04. The van der Waals surface area contributed by atoms with Gasteiger partial charge in [0, 0.05) is 30.9 Å². The highest BCUT2D eigenvalue weighted by Gasteiger charge is 2.56. The van der Waals surface area contributed by atoms with Gasteiger partial charge in [-0.2, -0.15) is 13.2 Å². The van der Waals surface area contributed by atoms with Gasteiger partial charge >= 0.3 is 6.18 Å². The van der Waals surface area contributed by atoms with E-state index in [0.717, 1.165) is 18.6 Å². The van der Waals surface area contributed by atoms with Crippen molar-refractivity contribution in [1.29, 1.82) is 0 Å². The molecule has 8 heteroatoms. The Bertz CT molecular complexity index is 789. The number of nitrogens with zero attached hydrogens (tertiary/aromatic N) is 1. The summed E-state index contributed by atoms with van der Waals surface area (Å²) >= 11 is 0. The van der Waals surface area contributed by atoms with Crippen molar-refractivity contribution >= 4 is 17.5 Å². The number of hydrogen-bond acceptors (Lipinski definition) is 3. The maximum absolute atomic E-state index is 13.0. The summed E-state index contributed by atoms with van der Waals surface area (Å²) in [5.74, 6) is -0.0718. The number of benzene rings is 1. The molecule has 2 amide bonds. The van der Waals surface area contributed by atoms with E-state index in [4.69, 9.17) is 4.74 Å². The number of amides is 2. The first-order valence-corrected chi connectivity index (χ1v) is 9.64. The number of alkyl halides is 3. The van der Waals surface area contributed by atoms with E-state index in [2.05, 4.69) is 5.32 Å². The fourth-order valence-electron chi connectivity index (χ4n) is 4.36. The van der Waals surface area contributed by atoms with E-state index < -0.39 is 17.8 Å². The Hall–Kier alpha value is -2.09. The molecule has 1 saturated carbocycles. The van der Waals surface area contributed by atoms with Gasteiger partial charge in [0.1, 0.15) is 6.04 Å². The Morgan fingerprint density at radius 1 is 1.18 bits per heavy atom. The van der Waals surface area contributed by atoms with Crippen LogP contribution in [0.1, 0.15) is 36.8 Å². The molecule has 1 aromatic carbocycles. The zero-order valence-electron chi connectivity index (χ0n) is 15.6. The smallest absolute Gasteiger partial charge is 0.381 e. The van der Waals surface area contributed by atoms with Crippen LogP contribution < -0.4 is 5.32 Å². The minimum atomic E-state index is -4.42. The third kappa shape index (κ3) is 3.62. The number of piperidine rings is 1. The van der Waals surface area contributed by atoms with Crippen LogP contribution in [0.25, 0.3) is 0 Å². The Labute approximate surface area is 161 Å². The minimum Gasteiger partial charge on any atom is -0.381 e. The summed E-state index contributed by atoms with van der Waals surface area (Å²) in [4.78, 5) is 27.6. The third-order valence-electron chi connectivity index (χ3n) is 6.04.